The van der Waals surface area contributed by atoms with Gasteiger partial charge in [0.15, 0.2) is 0 Å². The molecule has 134 valence electrons. The number of benzene rings is 1. The van der Waals surface area contributed by atoms with E-state index < -0.39 is 0 Å². The van der Waals surface area contributed by atoms with Crippen molar-refractivity contribution in [2.24, 2.45) is 0 Å². The van der Waals surface area contributed by atoms with Crippen molar-refractivity contribution in [3.63, 3.8) is 0 Å². The largest absolute Gasteiger partial charge is 0.337 e. The maximum Gasteiger partial charge on any atom is 0.221 e. The van der Waals surface area contributed by atoms with E-state index >= 15 is 0 Å². The maximum atomic E-state index is 11.4. The van der Waals surface area contributed by atoms with Gasteiger partial charge in [0, 0.05) is 36.1 Å². The van der Waals surface area contributed by atoms with E-state index in [9.17, 15) is 4.79 Å². The first kappa shape index (κ1) is 17.2. The van der Waals surface area contributed by atoms with Gasteiger partial charge in [0.05, 0.1) is 16.3 Å². The van der Waals surface area contributed by atoms with Crippen LogP contribution in [0.5, 0.6) is 0 Å². The highest BCUT2D eigenvalue weighted by Gasteiger charge is 2.16. The predicted octanol–water partition coefficient (Wildman–Crippen LogP) is 5.13. The number of carbonyl (C=O) groups is 1. The molecule has 0 aliphatic carbocycles. The van der Waals surface area contributed by atoms with Gasteiger partial charge in [0.25, 0.3) is 0 Å². The van der Waals surface area contributed by atoms with E-state index in [2.05, 4.69) is 33.7 Å². The molecule has 27 heavy (non-hydrogen) atoms. The third-order valence-electron chi connectivity index (χ3n) is 4.09. The number of pyridine rings is 1. The monoisotopic (exact) mass is 374 g/mol. The van der Waals surface area contributed by atoms with Gasteiger partial charge in [-0.1, -0.05) is 12.1 Å². The lowest BCUT2D eigenvalue weighted by atomic mass is 10.1. The molecule has 4 rings (SSSR count). The third kappa shape index (κ3) is 3.66. The lowest BCUT2D eigenvalue weighted by molar-refractivity contribution is -0.114. The van der Waals surface area contributed by atoms with Crippen LogP contribution in [0.25, 0.3) is 33.2 Å². The molecule has 0 unspecified atom stereocenters. The zero-order valence-corrected chi connectivity index (χ0v) is 15.8. The van der Waals surface area contributed by atoms with Crippen molar-refractivity contribution in [2.75, 3.05) is 5.32 Å². The van der Waals surface area contributed by atoms with Gasteiger partial charge in [-0.3, -0.25) is 9.78 Å². The molecule has 0 radical (unpaired) electrons. The van der Waals surface area contributed by atoms with Gasteiger partial charge in [-0.25, -0.2) is 4.98 Å². The molecule has 0 atom stereocenters. The number of aromatic nitrogens is 3. The molecule has 3 heterocycles. The standard InChI is InChI=1S/C21H18N4OS/c1-13-10-18(27-12-13)21-24-19(15-6-8-22-9-7-15)20(25-21)16-4-3-5-17(11-16)23-14(2)26/h3-12H,1-2H3,(H,23,26)(H,24,25). The van der Waals surface area contributed by atoms with Gasteiger partial charge in [-0.05, 0) is 48.2 Å². The second-order valence-corrected chi connectivity index (χ2v) is 7.21. The Morgan fingerprint density at radius 3 is 2.63 bits per heavy atom. The van der Waals surface area contributed by atoms with Gasteiger partial charge >= 0.3 is 0 Å². The smallest absolute Gasteiger partial charge is 0.221 e. The third-order valence-corrected chi connectivity index (χ3v) is 5.15. The van der Waals surface area contributed by atoms with Crippen LogP contribution in [0.15, 0.2) is 60.2 Å². The fourth-order valence-corrected chi connectivity index (χ4v) is 3.77. The van der Waals surface area contributed by atoms with Crippen LogP contribution in [0.2, 0.25) is 0 Å². The lowest BCUT2D eigenvalue weighted by Gasteiger charge is -2.06. The molecule has 1 aromatic carbocycles. The number of aryl methyl sites for hydroxylation is 1. The highest BCUT2D eigenvalue weighted by molar-refractivity contribution is 7.13. The average Bonchev–Trinajstić information content (AvgIpc) is 3.28. The number of nitrogens with zero attached hydrogens (tertiary/aromatic N) is 2. The SMILES string of the molecule is CC(=O)Nc1cccc(-c2nc(-c3cc(C)cs3)[nH]c2-c2ccncc2)c1. The van der Waals surface area contributed by atoms with Crippen molar-refractivity contribution in [1.82, 2.24) is 15.0 Å². The zero-order valence-electron chi connectivity index (χ0n) is 15.0. The van der Waals surface area contributed by atoms with E-state index in [1.54, 1.807) is 23.7 Å². The number of imidazole rings is 1. The Morgan fingerprint density at radius 1 is 1.11 bits per heavy atom. The molecule has 0 aliphatic rings. The molecule has 0 bridgehead atoms. The normalized spacial score (nSPS) is 10.7. The second-order valence-electron chi connectivity index (χ2n) is 6.30. The van der Waals surface area contributed by atoms with Crippen molar-refractivity contribution in [2.45, 2.75) is 13.8 Å². The van der Waals surface area contributed by atoms with Crippen LogP contribution in [-0.2, 0) is 4.79 Å². The van der Waals surface area contributed by atoms with E-state index in [1.165, 1.54) is 12.5 Å². The van der Waals surface area contributed by atoms with Gasteiger partial charge in [0.2, 0.25) is 5.91 Å². The Bertz CT molecular complexity index is 1100. The molecule has 3 aromatic heterocycles. The summed E-state index contributed by atoms with van der Waals surface area (Å²) in [5.74, 6) is 0.734. The van der Waals surface area contributed by atoms with E-state index in [4.69, 9.17) is 4.98 Å². The molecule has 0 fully saturated rings. The summed E-state index contributed by atoms with van der Waals surface area (Å²) in [5.41, 5.74) is 5.68. The summed E-state index contributed by atoms with van der Waals surface area (Å²) in [5, 5.41) is 4.94. The van der Waals surface area contributed by atoms with Crippen molar-refractivity contribution in [3.8, 4) is 33.2 Å². The predicted molar refractivity (Wildman–Crippen MR) is 110 cm³/mol. The number of aromatic amines is 1. The van der Waals surface area contributed by atoms with Crippen LogP contribution in [0, 0.1) is 6.92 Å². The maximum absolute atomic E-state index is 11.4. The quantitative estimate of drug-likeness (QED) is 0.520. The van der Waals surface area contributed by atoms with Crippen LogP contribution in [0.4, 0.5) is 5.69 Å². The van der Waals surface area contributed by atoms with Crippen molar-refractivity contribution in [3.05, 3.63) is 65.8 Å². The molecule has 4 aromatic rings. The molecule has 5 nitrogen and oxygen atoms in total. The molecule has 2 N–H and O–H groups in total. The van der Waals surface area contributed by atoms with Gasteiger partial charge in [-0.15, -0.1) is 11.3 Å². The number of hydrogen-bond acceptors (Lipinski definition) is 4. The van der Waals surface area contributed by atoms with Crippen LogP contribution < -0.4 is 5.32 Å². The molecular weight excluding hydrogens is 356 g/mol. The number of rotatable bonds is 4. The van der Waals surface area contributed by atoms with Crippen LogP contribution >= 0.6 is 11.3 Å². The minimum absolute atomic E-state index is 0.0988. The van der Waals surface area contributed by atoms with Gasteiger partial charge < -0.3 is 10.3 Å². The molecule has 0 aliphatic heterocycles. The first-order valence-corrected chi connectivity index (χ1v) is 9.42. The Labute approximate surface area is 161 Å². The minimum atomic E-state index is -0.0988. The zero-order chi connectivity index (χ0) is 18.8. The molecule has 1 amide bonds. The van der Waals surface area contributed by atoms with Gasteiger partial charge in [0.1, 0.15) is 5.82 Å². The fraction of sp³-hybridized carbons (Fsp3) is 0.0952. The van der Waals surface area contributed by atoms with Crippen LogP contribution in [-0.4, -0.2) is 20.9 Å². The number of amides is 1. The number of hydrogen-bond donors (Lipinski definition) is 2. The Hall–Kier alpha value is -3.25. The Morgan fingerprint density at radius 2 is 1.93 bits per heavy atom. The molecular formula is C21H18N4OS. The van der Waals surface area contributed by atoms with Crippen molar-refractivity contribution < 1.29 is 4.79 Å². The minimum Gasteiger partial charge on any atom is -0.337 e. The van der Waals surface area contributed by atoms with E-state index in [-0.39, 0.29) is 5.91 Å². The van der Waals surface area contributed by atoms with Crippen LogP contribution in [0.1, 0.15) is 12.5 Å². The summed E-state index contributed by atoms with van der Waals surface area (Å²) < 4.78 is 0. The average molecular weight is 374 g/mol. The summed E-state index contributed by atoms with van der Waals surface area (Å²) in [7, 11) is 0. The van der Waals surface area contributed by atoms with Crippen LogP contribution in [0.3, 0.4) is 0 Å². The fourth-order valence-electron chi connectivity index (χ4n) is 2.93. The molecule has 0 spiro atoms. The molecule has 0 saturated carbocycles. The van der Waals surface area contributed by atoms with E-state index in [0.717, 1.165) is 38.9 Å². The topological polar surface area (TPSA) is 70.7 Å². The first-order chi connectivity index (χ1) is 13.1. The number of carbonyl (C=O) groups excluding carboxylic acids is 1. The first-order valence-electron chi connectivity index (χ1n) is 8.54. The lowest BCUT2D eigenvalue weighted by Crippen LogP contribution is -2.05. The highest BCUT2D eigenvalue weighted by atomic mass is 32.1. The van der Waals surface area contributed by atoms with Gasteiger partial charge in [-0.2, -0.15) is 0 Å². The van der Waals surface area contributed by atoms with Crippen molar-refractivity contribution in [1.29, 1.82) is 0 Å². The van der Waals surface area contributed by atoms with E-state index in [0.29, 0.717) is 0 Å². The summed E-state index contributed by atoms with van der Waals surface area (Å²) in [6, 6.07) is 13.8. The molecule has 0 saturated heterocycles. The number of H-pyrrole nitrogens is 1. The van der Waals surface area contributed by atoms with E-state index in [1.807, 2.05) is 36.4 Å². The number of thiophene rings is 1. The summed E-state index contributed by atoms with van der Waals surface area (Å²) in [4.78, 5) is 25.0. The second kappa shape index (κ2) is 7.17. The number of anilines is 1. The van der Waals surface area contributed by atoms with Crippen molar-refractivity contribution >= 4 is 22.9 Å². The summed E-state index contributed by atoms with van der Waals surface area (Å²) in [6.07, 6.45) is 3.53. The summed E-state index contributed by atoms with van der Waals surface area (Å²) >= 11 is 1.66. The number of nitrogens with one attached hydrogen (secondary N) is 2. The highest BCUT2D eigenvalue weighted by Crippen LogP contribution is 2.35. The Kier molecular flexibility index (Phi) is 4.56. The summed E-state index contributed by atoms with van der Waals surface area (Å²) in [6.45, 7) is 3.57. The Balaban J connectivity index is 1.86. The molecule has 6 heteroatoms.